The Balaban J connectivity index is 1.51. The zero-order valence-corrected chi connectivity index (χ0v) is 19.9. The van der Waals surface area contributed by atoms with E-state index >= 15 is 0 Å². The van der Waals surface area contributed by atoms with Gasteiger partial charge in [0.15, 0.2) is 0 Å². The van der Waals surface area contributed by atoms with E-state index in [4.69, 9.17) is 4.74 Å². The van der Waals surface area contributed by atoms with Crippen molar-refractivity contribution in [3.8, 4) is 11.1 Å². The number of thiophene rings is 1. The standard InChI is InChI=1S/C24H21FN2O5S2/c1-32-24(29)22-16-7-2-4-8-19(16)33-23(22)26-21(28)13-27-18-11-10-14(25)12-17(18)15-6-3-5-9-20(15)34(27,30)31/h3,5-6,9-12H,2,4,7-8,13H2,1H3,(H,26,28). The van der Waals surface area contributed by atoms with Crippen molar-refractivity contribution in [3.05, 3.63) is 64.3 Å². The lowest BCUT2D eigenvalue weighted by molar-refractivity contribution is -0.114. The highest BCUT2D eigenvalue weighted by atomic mass is 32.2. The minimum atomic E-state index is -4.07. The van der Waals surface area contributed by atoms with Crippen LogP contribution in [0.2, 0.25) is 0 Å². The first-order chi connectivity index (χ1) is 16.3. The Bertz CT molecular complexity index is 1430. The molecule has 5 rings (SSSR count). The lowest BCUT2D eigenvalue weighted by atomic mass is 9.95. The van der Waals surface area contributed by atoms with Gasteiger partial charge >= 0.3 is 5.97 Å². The molecule has 0 unspecified atom stereocenters. The number of benzene rings is 2. The van der Waals surface area contributed by atoms with E-state index in [1.165, 1.54) is 36.6 Å². The van der Waals surface area contributed by atoms with Gasteiger partial charge in [-0.15, -0.1) is 11.3 Å². The Labute approximate surface area is 200 Å². The van der Waals surface area contributed by atoms with Crippen molar-refractivity contribution in [2.24, 2.45) is 0 Å². The molecule has 1 aliphatic heterocycles. The predicted molar refractivity (Wildman–Crippen MR) is 127 cm³/mol. The van der Waals surface area contributed by atoms with Crippen LogP contribution in [-0.2, 0) is 32.4 Å². The number of rotatable bonds is 4. The molecule has 2 heterocycles. The van der Waals surface area contributed by atoms with Crippen LogP contribution >= 0.6 is 11.3 Å². The van der Waals surface area contributed by atoms with E-state index in [0.717, 1.165) is 46.5 Å². The molecule has 0 fully saturated rings. The molecule has 3 aromatic rings. The average molecular weight is 501 g/mol. The van der Waals surface area contributed by atoms with Crippen LogP contribution in [0.4, 0.5) is 15.1 Å². The summed E-state index contributed by atoms with van der Waals surface area (Å²) in [6.07, 6.45) is 3.48. The number of amides is 1. The predicted octanol–water partition coefficient (Wildman–Crippen LogP) is 4.37. The van der Waals surface area contributed by atoms with Crippen molar-refractivity contribution in [3.63, 3.8) is 0 Å². The van der Waals surface area contributed by atoms with Gasteiger partial charge in [-0.1, -0.05) is 18.2 Å². The molecule has 0 spiro atoms. The monoisotopic (exact) mass is 500 g/mol. The van der Waals surface area contributed by atoms with Crippen LogP contribution in [0.1, 0.15) is 33.6 Å². The van der Waals surface area contributed by atoms with Crippen LogP contribution in [0.15, 0.2) is 47.4 Å². The van der Waals surface area contributed by atoms with Gasteiger partial charge in [-0.05, 0) is 55.5 Å². The number of anilines is 2. The molecule has 0 bridgehead atoms. The van der Waals surface area contributed by atoms with E-state index in [-0.39, 0.29) is 10.6 Å². The summed E-state index contributed by atoms with van der Waals surface area (Å²) in [6, 6.07) is 10.1. The fraction of sp³-hybridized carbons (Fsp3) is 0.250. The fourth-order valence-corrected chi connectivity index (χ4v) is 7.49. The normalized spacial score (nSPS) is 15.6. The molecule has 0 saturated heterocycles. The van der Waals surface area contributed by atoms with Gasteiger partial charge in [0, 0.05) is 16.0 Å². The third-order valence-electron chi connectivity index (χ3n) is 6.07. The van der Waals surface area contributed by atoms with Gasteiger partial charge in [-0.3, -0.25) is 9.10 Å². The molecule has 0 saturated carbocycles. The number of aryl methyl sites for hydroxylation is 1. The maximum absolute atomic E-state index is 14.0. The SMILES string of the molecule is COC(=O)c1c(NC(=O)CN2c3ccc(F)cc3-c3ccccc3S2(=O)=O)sc2c1CCCC2. The number of halogens is 1. The first-order valence-corrected chi connectivity index (χ1v) is 13.0. The number of ether oxygens (including phenoxy) is 1. The van der Waals surface area contributed by atoms with E-state index in [0.29, 0.717) is 21.7 Å². The molecule has 0 radical (unpaired) electrons. The molecule has 34 heavy (non-hydrogen) atoms. The van der Waals surface area contributed by atoms with Gasteiger partial charge in [0.1, 0.15) is 17.4 Å². The van der Waals surface area contributed by atoms with Crippen molar-refractivity contribution in [1.29, 1.82) is 0 Å². The minimum Gasteiger partial charge on any atom is -0.465 e. The number of methoxy groups -OCH3 is 1. The van der Waals surface area contributed by atoms with E-state index in [1.807, 2.05) is 0 Å². The lowest BCUT2D eigenvalue weighted by Gasteiger charge is -2.31. The highest BCUT2D eigenvalue weighted by Gasteiger charge is 2.36. The van der Waals surface area contributed by atoms with Crippen LogP contribution in [0.5, 0.6) is 0 Å². The number of carbonyl (C=O) groups is 2. The largest absolute Gasteiger partial charge is 0.465 e. The second-order valence-electron chi connectivity index (χ2n) is 8.12. The zero-order chi connectivity index (χ0) is 24.0. The first kappa shape index (κ1) is 22.5. The number of nitrogens with one attached hydrogen (secondary N) is 1. The summed E-state index contributed by atoms with van der Waals surface area (Å²) in [6.45, 7) is -0.529. The summed E-state index contributed by atoms with van der Waals surface area (Å²) in [7, 11) is -2.78. The van der Waals surface area contributed by atoms with Crippen LogP contribution < -0.4 is 9.62 Å². The van der Waals surface area contributed by atoms with Crippen LogP contribution in [0.25, 0.3) is 11.1 Å². The van der Waals surface area contributed by atoms with E-state index in [9.17, 15) is 22.4 Å². The smallest absolute Gasteiger partial charge is 0.341 e. The van der Waals surface area contributed by atoms with Crippen LogP contribution in [-0.4, -0.2) is 33.9 Å². The summed E-state index contributed by atoms with van der Waals surface area (Å²) in [5.74, 6) is -1.65. The number of hydrogen-bond acceptors (Lipinski definition) is 6. The molecule has 1 amide bonds. The molecule has 10 heteroatoms. The summed E-state index contributed by atoms with van der Waals surface area (Å²) in [5, 5.41) is 3.09. The van der Waals surface area contributed by atoms with Crippen LogP contribution in [0, 0.1) is 5.82 Å². The Hall–Kier alpha value is -3.24. The van der Waals surface area contributed by atoms with Crippen molar-refractivity contribution in [2.75, 3.05) is 23.3 Å². The Morgan fingerprint density at radius 2 is 1.88 bits per heavy atom. The van der Waals surface area contributed by atoms with Gasteiger partial charge in [0.2, 0.25) is 5.91 Å². The van der Waals surface area contributed by atoms with E-state index in [2.05, 4.69) is 5.32 Å². The highest BCUT2D eigenvalue weighted by molar-refractivity contribution is 7.93. The summed E-state index contributed by atoms with van der Waals surface area (Å²) < 4.78 is 46.8. The molecule has 2 aliphatic rings. The topological polar surface area (TPSA) is 92.8 Å². The lowest BCUT2D eigenvalue weighted by Crippen LogP contribution is -2.40. The molecule has 176 valence electrons. The second kappa shape index (κ2) is 8.52. The Kier molecular flexibility index (Phi) is 5.65. The summed E-state index contributed by atoms with van der Waals surface area (Å²) >= 11 is 1.32. The molecule has 7 nitrogen and oxygen atoms in total. The molecule has 1 aliphatic carbocycles. The molecule has 1 N–H and O–H groups in total. The molecule has 0 atom stereocenters. The molecule has 1 aromatic heterocycles. The third-order valence-corrected chi connectivity index (χ3v) is 9.10. The van der Waals surface area contributed by atoms with Gasteiger partial charge in [0.25, 0.3) is 10.0 Å². The van der Waals surface area contributed by atoms with Gasteiger partial charge < -0.3 is 10.1 Å². The number of hydrogen-bond donors (Lipinski definition) is 1. The van der Waals surface area contributed by atoms with Crippen molar-refractivity contribution < 1.29 is 27.1 Å². The maximum Gasteiger partial charge on any atom is 0.341 e. The Morgan fingerprint density at radius 3 is 2.68 bits per heavy atom. The average Bonchev–Trinajstić information content (AvgIpc) is 3.19. The number of sulfonamides is 1. The van der Waals surface area contributed by atoms with Crippen molar-refractivity contribution in [2.45, 2.75) is 30.6 Å². The van der Waals surface area contributed by atoms with Crippen molar-refractivity contribution in [1.82, 2.24) is 0 Å². The summed E-state index contributed by atoms with van der Waals surface area (Å²) in [4.78, 5) is 26.6. The minimum absolute atomic E-state index is 0.00253. The second-order valence-corrected chi connectivity index (χ2v) is 11.1. The molecular formula is C24H21FN2O5S2. The number of esters is 1. The van der Waals surface area contributed by atoms with E-state index in [1.54, 1.807) is 18.2 Å². The number of carbonyl (C=O) groups excluding carboxylic acids is 2. The van der Waals surface area contributed by atoms with Gasteiger partial charge in [0.05, 0.1) is 23.3 Å². The highest BCUT2D eigenvalue weighted by Crippen LogP contribution is 2.43. The zero-order valence-electron chi connectivity index (χ0n) is 18.3. The van der Waals surface area contributed by atoms with Crippen LogP contribution in [0.3, 0.4) is 0 Å². The van der Waals surface area contributed by atoms with E-state index < -0.39 is 34.3 Å². The first-order valence-electron chi connectivity index (χ1n) is 10.8. The van der Waals surface area contributed by atoms with Gasteiger partial charge in [-0.2, -0.15) is 0 Å². The quantitative estimate of drug-likeness (QED) is 0.537. The fourth-order valence-electron chi connectivity index (χ4n) is 4.54. The number of nitrogens with zero attached hydrogens (tertiary/aromatic N) is 1. The van der Waals surface area contributed by atoms with Crippen molar-refractivity contribution >= 4 is 43.9 Å². The molecular weight excluding hydrogens is 479 g/mol. The Morgan fingerprint density at radius 1 is 1.12 bits per heavy atom. The maximum atomic E-state index is 14.0. The number of fused-ring (bicyclic) bond motifs is 4. The molecule has 2 aromatic carbocycles. The third kappa shape index (κ3) is 3.67. The summed E-state index contributed by atoms with van der Waals surface area (Å²) in [5.41, 5.74) is 2.21. The van der Waals surface area contributed by atoms with Gasteiger partial charge in [-0.25, -0.2) is 17.6 Å².